The molecule has 2 aromatic carbocycles. The molecule has 5 heteroatoms. The zero-order valence-electron chi connectivity index (χ0n) is 12.5. The topological polar surface area (TPSA) is 38.3 Å². The average molecular weight is 350 g/mol. The highest BCUT2D eigenvalue weighted by molar-refractivity contribution is 6.42. The van der Waals surface area contributed by atoms with E-state index in [1.54, 1.807) is 12.1 Å². The van der Waals surface area contributed by atoms with Crippen LogP contribution in [0.15, 0.2) is 42.5 Å². The summed E-state index contributed by atoms with van der Waals surface area (Å²) in [5.41, 5.74) is 2.05. The number of carbonyl (C=O) groups is 1. The predicted molar refractivity (Wildman–Crippen MR) is 92.3 cm³/mol. The van der Waals surface area contributed by atoms with Crippen LogP contribution in [0.2, 0.25) is 10.0 Å². The van der Waals surface area contributed by atoms with Crippen LogP contribution < -0.4 is 10.1 Å². The molecular formula is C18H17Cl2NO2. The van der Waals surface area contributed by atoms with Crippen molar-refractivity contribution in [1.29, 1.82) is 0 Å². The monoisotopic (exact) mass is 349 g/mol. The standard InChI is InChI=1S/C18H17Cl2NO2/c19-15-6-5-12(8-16(15)20)9-18(22)21-10-13-7-14-3-1-2-4-17(14)23-11-13/h1-6,8,13H,7,9-11H2,(H,21,22). The van der Waals surface area contributed by atoms with E-state index in [2.05, 4.69) is 11.4 Å². The van der Waals surface area contributed by atoms with Gasteiger partial charge in [0.25, 0.3) is 0 Å². The molecule has 1 unspecified atom stereocenters. The second-order valence-corrected chi connectivity index (χ2v) is 6.53. The maximum absolute atomic E-state index is 12.1. The van der Waals surface area contributed by atoms with Gasteiger partial charge in [0.05, 0.1) is 23.1 Å². The first-order chi connectivity index (χ1) is 11.1. The molecular weight excluding hydrogens is 333 g/mol. The summed E-state index contributed by atoms with van der Waals surface area (Å²) in [6.07, 6.45) is 1.21. The maximum atomic E-state index is 12.1. The van der Waals surface area contributed by atoms with Crippen molar-refractivity contribution in [3.63, 3.8) is 0 Å². The zero-order valence-corrected chi connectivity index (χ0v) is 14.0. The highest BCUT2D eigenvalue weighted by Gasteiger charge is 2.20. The Bertz CT molecular complexity index is 718. The molecule has 120 valence electrons. The van der Waals surface area contributed by atoms with E-state index in [9.17, 15) is 4.79 Å². The quantitative estimate of drug-likeness (QED) is 0.908. The summed E-state index contributed by atoms with van der Waals surface area (Å²) < 4.78 is 5.73. The third-order valence-corrected chi connectivity index (χ3v) is 4.63. The van der Waals surface area contributed by atoms with Gasteiger partial charge in [-0.2, -0.15) is 0 Å². The minimum absolute atomic E-state index is 0.0257. The number of hydrogen-bond acceptors (Lipinski definition) is 2. The Morgan fingerprint density at radius 3 is 2.83 bits per heavy atom. The van der Waals surface area contributed by atoms with Crippen molar-refractivity contribution in [3.05, 3.63) is 63.6 Å². The van der Waals surface area contributed by atoms with Gasteiger partial charge in [-0.15, -0.1) is 0 Å². The summed E-state index contributed by atoms with van der Waals surface area (Å²) in [6.45, 7) is 1.23. The molecule has 1 heterocycles. The van der Waals surface area contributed by atoms with Crippen LogP contribution in [0.25, 0.3) is 0 Å². The van der Waals surface area contributed by atoms with Gasteiger partial charge in [0.15, 0.2) is 0 Å². The summed E-state index contributed by atoms with van der Waals surface area (Å²) in [6, 6.07) is 13.3. The van der Waals surface area contributed by atoms with Gasteiger partial charge in [-0.3, -0.25) is 4.79 Å². The Hall–Kier alpha value is -1.71. The van der Waals surface area contributed by atoms with Gasteiger partial charge in [-0.1, -0.05) is 47.5 Å². The number of amides is 1. The van der Waals surface area contributed by atoms with Crippen LogP contribution in [0.3, 0.4) is 0 Å². The molecule has 0 fully saturated rings. The van der Waals surface area contributed by atoms with Crippen LogP contribution in [0.5, 0.6) is 5.75 Å². The normalized spacial score (nSPS) is 16.3. The van der Waals surface area contributed by atoms with Crippen LogP contribution in [0, 0.1) is 5.92 Å². The SMILES string of the molecule is O=C(Cc1ccc(Cl)c(Cl)c1)NCC1COc2ccccc2C1. The number of benzene rings is 2. The molecule has 1 amide bonds. The van der Waals surface area contributed by atoms with Crippen molar-refractivity contribution in [3.8, 4) is 5.75 Å². The Morgan fingerprint density at radius 2 is 2.00 bits per heavy atom. The fourth-order valence-corrected chi connectivity index (χ4v) is 3.00. The molecule has 0 spiro atoms. The molecule has 1 aliphatic heterocycles. The van der Waals surface area contributed by atoms with Gasteiger partial charge >= 0.3 is 0 Å². The van der Waals surface area contributed by atoms with E-state index in [0.717, 1.165) is 17.7 Å². The van der Waals surface area contributed by atoms with Gasteiger partial charge < -0.3 is 10.1 Å². The number of para-hydroxylation sites is 1. The number of hydrogen-bond donors (Lipinski definition) is 1. The van der Waals surface area contributed by atoms with E-state index in [1.165, 1.54) is 5.56 Å². The van der Waals surface area contributed by atoms with Crippen molar-refractivity contribution >= 4 is 29.1 Å². The molecule has 1 atom stereocenters. The lowest BCUT2D eigenvalue weighted by Crippen LogP contribution is -2.35. The summed E-state index contributed by atoms with van der Waals surface area (Å²) >= 11 is 11.8. The van der Waals surface area contributed by atoms with Crippen LogP contribution in [-0.2, 0) is 17.6 Å². The Morgan fingerprint density at radius 1 is 1.17 bits per heavy atom. The molecule has 3 nitrogen and oxygen atoms in total. The molecule has 2 aromatic rings. The fourth-order valence-electron chi connectivity index (χ4n) is 2.68. The van der Waals surface area contributed by atoms with E-state index >= 15 is 0 Å². The van der Waals surface area contributed by atoms with Crippen LogP contribution in [0.1, 0.15) is 11.1 Å². The van der Waals surface area contributed by atoms with E-state index in [0.29, 0.717) is 35.5 Å². The molecule has 0 radical (unpaired) electrons. The number of rotatable bonds is 4. The van der Waals surface area contributed by atoms with E-state index in [1.807, 2.05) is 24.3 Å². The summed E-state index contributed by atoms with van der Waals surface area (Å²) in [7, 11) is 0. The lowest BCUT2D eigenvalue weighted by Gasteiger charge is -2.25. The third-order valence-electron chi connectivity index (χ3n) is 3.89. The van der Waals surface area contributed by atoms with Crippen molar-refractivity contribution in [2.45, 2.75) is 12.8 Å². The molecule has 0 bridgehead atoms. The number of carbonyl (C=O) groups excluding carboxylic acids is 1. The molecule has 1 aliphatic rings. The smallest absolute Gasteiger partial charge is 0.224 e. The van der Waals surface area contributed by atoms with E-state index in [-0.39, 0.29) is 5.91 Å². The second kappa shape index (κ2) is 7.24. The minimum Gasteiger partial charge on any atom is -0.493 e. The van der Waals surface area contributed by atoms with Crippen LogP contribution in [0.4, 0.5) is 0 Å². The molecule has 0 aromatic heterocycles. The first kappa shape index (κ1) is 16.2. The van der Waals surface area contributed by atoms with Crippen molar-refractivity contribution in [1.82, 2.24) is 5.32 Å². The van der Waals surface area contributed by atoms with Crippen molar-refractivity contribution in [2.24, 2.45) is 5.92 Å². The highest BCUT2D eigenvalue weighted by Crippen LogP contribution is 2.26. The predicted octanol–water partition coefficient (Wildman–Crippen LogP) is 3.90. The molecule has 23 heavy (non-hydrogen) atoms. The number of ether oxygens (including phenoxy) is 1. The second-order valence-electron chi connectivity index (χ2n) is 5.72. The molecule has 3 rings (SSSR count). The van der Waals surface area contributed by atoms with Gasteiger partial charge in [-0.25, -0.2) is 0 Å². The van der Waals surface area contributed by atoms with Gasteiger partial charge in [0.1, 0.15) is 5.75 Å². The largest absolute Gasteiger partial charge is 0.493 e. The van der Waals surface area contributed by atoms with E-state index in [4.69, 9.17) is 27.9 Å². The minimum atomic E-state index is -0.0257. The molecule has 0 aliphatic carbocycles. The van der Waals surface area contributed by atoms with E-state index < -0.39 is 0 Å². The van der Waals surface area contributed by atoms with Crippen LogP contribution >= 0.6 is 23.2 Å². The van der Waals surface area contributed by atoms with Crippen molar-refractivity contribution in [2.75, 3.05) is 13.2 Å². The first-order valence-electron chi connectivity index (χ1n) is 7.53. The fraction of sp³-hybridized carbons (Fsp3) is 0.278. The number of fused-ring (bicyclic) bond motifs is 1. The van der Waals surface area contributed by atoms with Crippen LogP contribution in [-0.4, -0.2) is 19.1 Å². The summed E-state index contributed by atoms with van der Waals surface area (Å²) in [4.78, 5) is 12.1. The third kappa shape index (κ3) is 4.18. The molecule has 0 saturated carbocycles. The lowest BCUT2D eigenvalue weighted by atomic mass is 9.96. The Balaban J connectivity index is 1.51. The Labute approximate surface area is 145 Å². The maximum Gasteiger partial charge on any atom is 0.224 e. The first-order valence-corrected chi connectivity index (χ1v) is 8.29. The number of nitrogens with one attached hydrogen (secondary N) is 1. The van der Waals surface area contributed by atoms with Gasteiger partial charge in [-0.05, 0) is 35.7 Å². The zero-order chi connectivity index (χ0) is 16.2. The number of halogens is 2. The summed E-state index contributed by atoms with van der Waals surface area (Å²) in [5.74, 6) is 1.22. The van der Waals surface area contributed by atoms with Crippen molar-refractivity contribution < 1.29 is 9.53 Å². The molecule has 1 N–H and O–H groups in total. The van der Waals surface area contributed by atoms with Gasteiger partial charge in [0, 0.05) is 12.5 Å². The highest BCUT2D eigenvalue weighted by atomic mass is 35.5. The lowest BCUT2D eigenvalue weighted by molar-refractivity contribution is -0.120. The van der Waals surface area contributed by atoms with Gasteiger partial charge in [0.2, 0.25) is 5.91 Å². The summed E-state index contributed by atoms with van der Waals surface area (Å²) in [5, 5.41) is 3.93. The average Bonchev–Trinajstić information content (AvgIpc) is 2.56. The Kier molecular flexibility index (Phi) is 5.09. The molecule has 0 saturated heterocycles.